The summed E-state index contributed by atoms with van der Waals surface area (Å²) in [6, 6.07) is 6.18. The molecule has 0 saturated carbocycles. The van der Waals surface area contributed by atoms with Crippen molar-refractivity contribution in [3.05, 3.63) is 43.0 Å². The van der Waals surface area contributed by atoms with Crippen LogP contribution in [-0.4, -0.2) is 64.6 Å². The van der Waals surface area contributed by atoms with Crippen LogP contribution in [0.1, 0.15) is 19.3 Å². The Morgan fingerprint density at radius 2 is 1.88 bits per heavy atom. The summed E-state index contributed by atoms with van der Waals surface area (Å²) in [7, 11) is 0. The quantitative estimate of drug-likeness (QED) is 0.833. The van der Waals surface area contributed by atoms with Crippen molar-refractivity contribution in [3.8, 4) is 0 Å². The number of pyridine rings is 1. The van der Waals surface area contributed by atoms with Gasteiger partial charge in [0, 0.05) is 69.7 Å². The number of anilines is 1. The summed E-state index contributed by atoms with van der Waals surface area (Å²) in [5.41, 5.74) is 1.32. The first-order valence-electron chi connectivity index (χ1n) is 9.32. The lowest BCUT2D eigenvalue weighted by Crippen LogP contribution is -2.57. The van der Waals surface area contributed by atoms with Crippen LogP contribution in [0.25, 0.3) is 0 Å². The molecule has 4 rings (SSSR count). The molecule has 0 atom stereocenters. The zero-order valence-electron chi connectivity index (χ0n) is 14.8. The second-order valence-corrected chi connectivity index (χ2v) is 7.12. The Morgan fingerprint density at radius 1 is 1.04 bits per heavy atom. The van der Waals surface area contributed by atoms with Gasteiger partial charge in [-0.1, -0.05) is 0 Å². The maximum atomic E-state index is 6.27. The van der Waals surface area contributed by atoms with Gasteiger partial charge in [-0.2, -0.15) is 5.10 Å². The van der Waals surface area contributed by atoms with Crippen molar-refractivity contribution >= 4 is 5.69 Å². The highest BCUT2D eigenvalue weighted by Crippen LogP contribution is 2.32. The van der Waals surface area contributed by atoms with Crippen LogP contribution >= 0.6 is 0 Å². The second kappa shape index (κ2) is 7.54. The Balaban J connectivity index is 1.27. The van der Waals surface area contributed by atoms with Gasteiger partial charge in [-0.25, -0.2) is 0 Å². The highest BCUT2D eigenvalue weighted by Gasteiger charge is 2.39. The third-order valence-corrected chi connectivity index (χ3v) is 5.45. The van der Waals surface area contributed by atoms with Crippen LogP contribution < -0.4 is 4.90 Å². The molecule has 0 unspecified atom stereocenters. The molecular formula is C19H27N5O. The van der Waals surface area contributed by atoms with E-state index in [1.807, 2.05) is 35.5 Å². The van der Waals surface area contributed by atoms with Crippen molar-refractivity contribution in [2.45, 2.75) is 31.4 Å². The molecule has 0 aromatic carbocycles. The number of ether oxygens (including phenoxy) is 1. The summed E-state index contributed by atoms with van der Waals surface area (Å²) in [6.07, 6.45) is 11.0. The van der Waals surface area contributed by atoms with E-state index in [1.165, 1.54) is 5.69 Å². The fourth-order valence-corrected chi connectivity index (χ4v) is 4.03. The highest BCUT2D eigenvalue weighted by atomic mass is 16.5. The number of hydrogen-bond acceptors (Lipinski definition) is 5. The van der Waals surface area contributed by atoms with Gasteiger partial charge in [-0.15, -0.1) is 0 Å². The minimum Gasteiger partial charge on any atom is -0.372 e. The lowest BCUT2D eigenvalue weighted by atomic mass is 9.89. The average Bonchev–Trinajstić information content (AvgIpc) is 3.17. The first-order chi connectivity index (χ1) is 12.3. The summed E-state index contributed by atoms with van der Waals surface area (Å²) < 4.78 is 8.29. The Kier molecular flexibility index (Phi) is 4.99. The first-order valence-corrected chi connectivity index (χ1v) is 9.32. The van der Waals surface area contributed by atoms with E-state index in [-0.39, 0.29) is 5.60 Å². The van der Waals surface area contributed by atoms with Crippen molar-refractivity contribution in [1.82, 2.24) is 19.7 Å². The largest absolute Gasteiger partial charge is 0.372 e. The monoisotopic (exact) mass is 341 g/mol. The molecule has 2 aliphatic heterocycles. The van der Waals surface area contributed by atoms with Crippen LogP contribution in [0.15, 0.2) is 43.0 Å². The smallest absolute Gasteiger partial charge is 0.0843 e. The number of aryl methyl sites for hydroxylation is 1. The van der Waals surface area contributed by atoms with Gasteiger partial charge < -0.3 is 9.64 Å². The van der Waals surface area contributed by atoms with Crippen molar-refractivity contribution in [2.75, 3.05) is 44.2 Å². The van der Waals surface area contributed by atoms with Gasteiger partial charge in [0.2, 0.25) is 0 Å². The first kappa shape index (κ1) is 16.5. The van der Waals surface area contributed by atoms with E-state index in [0.29, 0.717) is 0 Å². The van der Waals surface area contributed by atoms with Crippen LogP contribution in [0.2, 0.25) is 0 Å². The summed E-state index contributed by atoms with van der Waals surface area (Å²) in [4.78, 5) is 9.15. The molecule has 1 spiro atoms. The van der Waals surface area contributed by atoms with E-state index in [4.69, 9.17) is 4.74 Å². The molecule has 2 aliphatic rings. The second-order valence-electron chi connectivity index (χ2n) is 7.12. The third-order valence-electron chi connectivity index (χ3n) is 5.45. The van der Waals surface area contributed by atoms with Gasteiger partial charge in [0.25, 0.3) is 0 Å². The fraction of sp³-hybridized carbons (Fsp3) is 0.579. The maximum absolute atomic E-state index is 6.27. The summed E-state index contributed by atoms with van der Waals surface area (Å²) >= 11 is 0. The number of nitrogens with zero attached hydrogens (tertiary/aromatic N) is 5. The Morgan fingerprint density at radius 3 is 2.64 bits per heavy atom. The van der Waals surface area contributed by atoms with E-state index in [9.17, 15) is 0 Å². The number of hydrogen-bond donors (Lipinski definition) is 0. The number of piperidine rings is 1. The van der Waals surface area contributed by atoms with Gasteiger partial charge in [0.1, 0.15) is 0 Å². The molecule has 0 amide bonds. The normalized spacial score (nSPS) is 20.9. The Bertz CT molecular complexity index is 637. The molecule has 6 nitrogen and oxygen atoms in total. The van der Waals surface area contributed by atoms with E-state index in [2.05, 4.69) is 32.0 Å². The standard InChI is InChI=1S/C19H27N5O/c1-7-21-24(11-1)12-2-10-22-15-16-25-19(17-22)5-13-23(14-6-19)18-3-8-20-9-4-18/h1,3-4,7-9,11H,2,5-6,10,12-17H2. The van der Waals surface area contributed by atoms with Crippen LogP contribution in [-0.2, 0) is 11.3 Å². The molecule has 0 radical (unpaired) electrons. The minimum absolute atomic E-state index is 0.0491. The van der Waals surface area contributed by atoms with Gasteiger partial charge >= 0.3 is 0 Å². The molecule has 2 saturated heterocycles. The lowest BCUT2D eigenvalue weighted by molar-refractivity contribution is -0.121. The molecule has 134 valence electrons. The lowest BCUT2D eigenvalue weighted by Gasteiger charge is -2.47. The summed E-state index contributed by atoms with van der Waals surface area (Å²) in [5, 5.41) is 4.28. The Hall–Kier alpha value is -1.92. The zero-order valence-corrected chi connectivity index (χ0v) is 14.8. The molecule has 4 heterocycles. The molecule has 25 heavy (non-hydrogen) atoms. The number of aromatic nitrogens is 3. The van der Waals surface area contributed by atoms with Crippen molar-refractivity contribution < 1.29 is 4.74 Å². The molecule has 2 aromatic rings. The summed E-state index contributed by atoms with van der Waals surface area (Å²) in [5.74, 6) is 0. The molecule has 0 N–H and O–H groups in total. The third kappa shape index (κ3) is 4.02. The molecule has 6 heteroatoms. The van der Waals surface area contributed by atoms with E-state index < -0.39 is 0 Å². The van der Waals surface area contributed by atoms with Crippen LogP contribution in [0.5, 0.6) is 0 Å². The maximum Gasteiger partial charge on any atom is 0.0843 e. The van der Waals surface area contributed by atoms with Crippen LogP contribution in [0.4, 0.5) is 5.69 Å². The molecule has 0 aliphatic carbocycles. The van der Waals surface area contributed by atoms with Gasteiger partial charge in [0.05, 0.1) is 12.2 Å². The predicted molar refractivity (Wildman–Crippen MR) is 97.7 cm³/mol. The SMILES string of the molecule is c1cnn(CCCN2CCOC3(CCN(c4ccncc4)CC3)C2)c1. The van der Waals surface area contributed by atoms with Crippen LogP contribution in [0, 0.1) is 0 Å². The van der Waals surface area contributed by atoms with Gasteiger partial charge in [-0.3, -0.25) is 14.6 Å². The molecule has 0 bridgehead atoms. The van der Waals surface area contributed by atoms with Crippen molar-refractivity contribution in [3.63, 3.8) is 0 Å². The van der Waals surface area contributed by atoms with Crippen molar-refractivity contribution in [2.24, 2.45) is 0 Å². The molecule has 2 aromatic heterocycles. The van der Waals surface area contributed by atoms with E-state index >= 15 is 0 Å². The molecular weight excluding hydrogens is 314 g/mol. The van der Waals surface area contributed by atoms with Gasteiger partial charge in [0.15, 0.2) is 0 Å². The van der Waals surface area contributed by atoms with Crippen LogP contribution in [0.3, 0.4) is 0 Å². The number of rotatable bonds is 5. The fourth-order valence-electron chi connectivity index (χ4n) is 4.03. The van der Waals surface area contributed by atoms with E-state index in [0.717, 1.165) is 65.1 Å². The van der Waals surface area contributed by atoms with Crippen molar-refractivity contribution in [1.29, 1.82) is 0 Å². The highest BCUT2D eigenvalue weighted by molar-refractivity contribution is 5.45. The van der Waals surface area contributed by atoms with Gasteiger partial charge in [-0.05, 0) is 37.5 Å². The number of morpholine rings is 1. The average molecular weight is 341 g/mol. The Labute approximate surface area is 149 Å². The topological polar surface area (TPSA) is 46.4 Å². The minimum atomic E-state index is 0.0491. The molecule has 2 fully saturated rings. The summed E-state index contributed by atoms with van der Waals surface area (Å²) in [6.45, 7) is 7.21. The predicted octanol–water partition coefficient (Wildman–Crippen LogP) is 2.04. The van der Waals surface area contributed by atoms with E-state index in [1.54, 1.807) is 0 Å². The zero-order chi connectivity index (χ0) is 17.0.